The Morgan fingerprint density at radius 1 is 1.04 bits per heavy atom. The number of ether oxygens (including phenoxy) is 1. The van der Waals surface area contributed by atoms with Gasteiger partial charge in [0.2, 0.25) is 0 Å². The second kappa shape index (κ2) is 8.24. The number of carboxylic acid groups (broad SMARTS) is 1. The molecule has 0 aliphatic rings. The van der Waals surface area contributed by atoms with Gasteiger partial charge >= 0.3 is 5.97 Å². The summed E-state index contributed by atoms with van der Waals surface area (Å²) in [5, 5.41) is 16.5. The highest BCUT2D eigenvalue weighted by Crippen LogP contribution is 2.34. The normalized spacial score (nSPS) is 10.4. The number of amides is 1. The Hall–Kier alpha value is -3.16. The first-order valence-electron chi connectivity index (χ1n) is 8.11. The quantitative estimate of drug-likeness (QED) is 0.551. The predicted molar refractivity (Wildman–Crippen MR) is 113 cm³/mol. The summed E-state index contributed by atoms with van der Waals surface area (Å²) in [5.74, 6) is -1.34. The van der Waals surface area contributed by atoms with Gasteiger partial charge in [0, 0.05) is 5.56 Å². The number of aromatic carboxylic acids is 1. The third kappa shape index (κ3) is 4.21. The van der Waals surface area contributed by atoms with Crippen LogP contribution in [0, 0.1) is 0 Å². The highest BCUT2D eigenvalue weighted by atomic mass is 35.5. The van der Waals surface area contributed by atoms with Gasteiger partial charge < -0.3 is 15.2 Å². The smallest absolute Gasteiger partial charge is 0.335 e. The number of halogens is 1. The molecule has 3 aromatic rings. The van der Waals surface area contributed by atoms with Crippen molar-refractivity contribution in [1.29, 1.82) is 0 Å². The second-order valence-electron chi connectivity index (χ2n) is 5.81. The van der Waals surface area contributed by atoms with Crippen molar-refractivity contribution in [1.82, 2.24) is 5.32 Å². The lowest BCUT2D eigenvalue weighted by atomic mass is 10.1. The summed E-state index contributed by atoms with van der Waals surface area (Å²) >= 11 is 11.2. The first kappa shape index (κ1) is 19.6. The minimum Gasteiger partial charge on any atom is -0.493 e. The van der Waals surface area contributed by atoms with E-state index < -0.39 is 11.9 Å². The van der Waals surface area contributed by atoms with Gasteiger partial charge in [-0.3, -0.25) is 10.1 Å². The summed E-state index contributed by atoms with van der Waals surface area (Å²) in [5.41, 5.74) is 0.625. The van der Waals surface area contributed by atoms with E-state index >= 15 is 0 Å². The fourth-order valence-corrected chi connectivity index (χ4v) is 3.18. The Morgan fingerprint density at radius 3 is 2.43 bits per heavy atom. The summed E-state index contributed by atoms with van der Waals surface area (Å²) in [6, 6.07) is 15.6. The van der Waals surface area contributed by atoms with Crippen LogP contribution in [0.25, 0.3) is 10.8 Å². The molecular formula is C20H15ClN2O4S. The van der Waals surface area contributed by atoms with Gasteiger partial charge in [-0.1, -0.05) is 41.9 Å². The number of nitrogens with one attached hydrogen (secondary N) is 2. The summed E-state index contributed by atoms with van der Waals surface area (Å²) in [6.07, 6.45) is 0. The molecule has 3 aromatic carbocycles. The minimum absolute atomic E-state index is 0.0185. The van der Waals surface area contributed by atoms with E-state index in [1.807, 2.05) is 30.3 Å². The van der Waals surface area contributed by atoms with Crippen LogP contribution in [0.1, 0.15) is 20.7 Å². The van der Waals surface area contributed by atoms with Crippen molar-refractivity contribution in [2.24, 2.45) is 0 Å². The van der Waals surface area contributed by atoms with Crippen LogP contribution in [0.2, 0.25) is 5.02 Å². The fourth-order valence-electron chi connectivity index (χ4n) is 2.68. The lowest BCUT2D eigenvalue weighted by Crippen LogP contribution is -2.34. The molecule has 0 radical (unpaired) electrons. The van der Waals surface area contributed by atoms with Gasteiger partial charge in [0.15, 0.2) is 10.9 Å². The number of thiocarbonyl (C=S) groups is 1. The van der Waals surface area contributed by atoms with Crippen LogP contribution >= 0.6 is 23.8 Å². The average molecular weight is 415 g/mol. The van der Waals surface area contributed by atoms with E-state index in [2.05, 4.69) is 10.6 Å². The summed E-state index contributed by atoms with van der Waals surface area (Å²) in [6.45, 7) is 0. The van der Waals surface area contributed by atoms with Crippen LogP contribution in [-0.2, 0) is 0 Å². The number of hydrogen-bond donors (Lipinski definition) is 3. The van der Waals surface area contributed by atoms with Crippen LogP contribution in [-0.4, -0.2) is 29.2 Å². The Kier molecular flexibility index (Phi) is 5.77. The van der Waals surface area contributed by atoms with Gasteiger partial charge in [-0.15, -0.1) is 0 Å². The van der Waals surface area contributed by atoms with Gasteiger partial charge in [-0.05, 0) is 47.3 Å². The highest BCUT2D eigenvalue weighted by Gasteiger charge is 2.16. The number of carbonyl (C=O) groups is 2. The molecule has 3 rings (SSSR count). The molecule has 28 heavy (non-hydrogen) atoms. The van der Waals surface area contributed by atoms with Crippen molar-refractivity contribution in [2.75, 3.05) is 12.4 Å². The summed E-state index contributed by atoms with van der Waals surface area (Å²) in [4.78, 5) is 23.7. The minimum atomic E-state index is -1.15. The van der Waals surface area contributed by atoms with E-state index in [-0.39, 0.29) is 27.1 Å². The third-order valence-corrected chi connectivity index (χ3v) is 4.47. The lowest BCUT2D eigenvalue weighted by Gasteiger charge is -2.15. The van der Waals surface area contributed by atoms with Crippen molar-refractivity contribution in [3.05, 3.63) is 70.7 Å². The number of hydrogen-bond acceptors (Lipinski definition) is 4. The van der Waals surface area contributed by atoms with Crippen LogP contribution in [0.5, 0.6) is 5.75 Å². The Balaban J connectivity index is 1.79. The Labute approximate surface area is 171 Å². The summed E-state index contributed by atoms with van der Waals surface area (Å²) < 4.78 is 5.19. The van der Waals surface area contributed by atoms with E-state index in [0.29, 0.717) is 5.56 Å². The zero-order chi connectivity index (χ0) is 20.3. The first-order chi connectivity index (χ1) is 13.4. The molecule has 0 atom stereocenters. The maximum absolute atomic E-state index is 12.5. The second-order valence-corrected chi connectivity index (χ2v) is 6.63. The molecular weight excluding hydrogens is 400 g/mol. The lowest BCUT2D eigenvalue weighted by molar-refractivity contribution is 0.0696. The number of carbonyl (C=O) groups excluding carboxylic acids is 1. The van der Waals surface area contributed by atoms with E-state index in [9.17, 15) is 14.7 Å². The fraction of sp³-hybridized carbons (Fsp3) is 0.0500. The number of benzene rings is 3. The molecule has 142 valence electrons. The molecule has 0 unspecified atom stereocenters. The maximum Gasteiger partial charge on any atom is 0.335 e. The standard InChI is InChI=1S/C20H15ClN2O4S/c1-27-17-15(21)9-14(19(25)26)10-16(17)22-20(28)23-18(24)13-7-6-11-4-2-3-5-12(11)8-13/h2-10H,1H3,(H,25,26)(H2,22,23,24,28). The molecule has 6 nitrogen and oxygen atoms in total. The van der Waals surface area contributed by atoms with Crippen LogP contribution in [0.15, 0.2) is 54.6 Å². The molecule has 1 amide bonds. The van der Waals surface area contributed by atoms with Gasteiger partial charge in [0.05, 0.1) is 23.4 Å². The summed E-state index contributed by atoms with van der Waals surface area (Å²) in [7, 11) is 1.39. The monoisotopic (exact) mass is 414 g/mol. The van der Waals surface area contributed by atoms with Crippen molar-refractivity contribution in [2.45, 2.75) is 0 Å². The van der Waals surface area contributed by atoms with Crippen molar-refractivity contribution in [3.63, 3.8) is 0 Å². The zero-order valence-corrected chi connectivity index (χ0v) is 16.2. The number of anilines is 1. The van der Waals surface area contributed by atoms with Crippen molar-refractivity contribution >= 4 is 57.3 Å². The predicted octanol–water partition coefficient (Wildman–Crippen LogP) is 4.33. The molecule has 0 heterocycles. The third-order valence-electron chi connectivity index (χ3n) is 3.98. The van der Waals surface area contributed by atoms with E-state index in [1.54, 1.807) is 12.1 Å². The van der Waals surface area contributed by atoms with Gasteiger partial charge in [0.1, 0.15) is 0 Å². The molecule has 8 heteroatoms. The molecule has 0 saturated carbocycles. The zero-order valence-electron chi connectivity index (χ0n) is 14.7. The number of fused-ring (bicyclic) bond motifs is 1. The SMILES string of the molecule is COc1c(Cl)cc(C(=O)O)cc1NC(=S)NC(=O)c1ccc2ccccc2c1. The van der Waals surface area contributed by atoms with Crippen LogP contribution in [0.3, 0.4) is 0 Å². The van der Waals surface area contributed by atoms with Crippen molar-refractivity contribution in [3.8, 4) is 5.75 Å². The topological polar surface area (TPSA) is 87.7 Å². The average Bonchev–Trinajstić information content (AvgIpc) is 2.67. The van der Waals surface area contributed by atoms with Gasteiger partial charge in [0.25, 0.3) is 5.91 Å². The number of methoxy groups -OCH3 is 1. The number of rotatable bonds is 4. The largest absolute Gasteiger partial charge is 0.493 e. The molecule has 0 bridgehead atoms. The number of carboxylic acids is 1. The Morgan fingerprint density at radius 2 is 1.75 bits per heavy atom. The van der Waals surface area contributed by atoms with Crippen LogP contribution in [0.4, 0.5) is 5.69 Å². The van der Waals surface area contributed by atoms with Crippen molar-refractivity contribution < 1.29 is 19.4 Å². The molecule has 0 spiro atoms. The van der Waals surface area contributed by atoms with Crippen LogP contribution < -0.4 is 15.4 Å². The molecule has 0 fully saturated rings. The molecule has 0 aliphatic carbocycles. The maximum atomic E-state index is 12.5. The molecule has 0 aromatic heterocycles. The van der Waals surface area contributed by atoms with Gasteiger partial charge in [-0.2, -0.15) is 0 Å². The van der Waals surface area contributed by atoms with E-state index in [4.69, 9.17) is 28.6 Å². The molecule has 0 saturated heterocycles. The van der Waals surface area contributed by atoms with E-state index in [1.165, 1.54) is 19.2 Å². The molecule has 0 aliphatic heterocycles. The van der Waals surface area contributed by atoms with Gasteiger partial charge in [-0.25, -0.2) is 4.79 Å². The molecule has 3 N–H and O–H groups in total. The first-order valence-corrected chi connectivity index (χ1v) is 8.89. The Bertz CT molecular complexity index is 1100. The highest BCUT2D eigenvalue weighted by molar-refractivity contribution is 7.80. The van der Waals surface area contributed by atoms with E-state index in [0.717, 1.165) is 10.8 Å².